The number of hydrogen-bond donors (Lipinski definition) is 1. The largest absolute Gasteiger partial charge is 0.375 e. The second kappa shape index (κ2) is 5.37. The molecule has 4 atom stereocenters. The van der Waals surface area contributed by atoms with E-state index >= 15 is 0 Å². The first kappa shape index (κ1) is 13.9. The number of ether oxygens (including phenoxy) is 1. The summed E-state index contributed by atoms with van der Waals surface area (Å²) in [4.78, 5) is 0. The fourth-order valence-corrected chi connectivity index (χ4v) is 3.52. The van der Waals surface area contributed by atoms with Gasteiger partial charge in [0, 0.05) is 17.5 Å². The van der Waals surface area contributed by atoms with Crippen LogP contribution in [0, 0.1) is 23.4 Å². The van der Waals surface area contributed by atoms with Gasteiger partial charge in [0.1, 0.15) is 0 Å². The summed E-state index contributed by atoms with van der Waals surface area (Å²) in [5.74, 6) is -3.51. The van der Waals surface area contributed by atoms with Crippen molar-refractivity contribution in [2.75, 3.05) is 6.54 Å². The smallest absolute Gasteiger partial charge is 0.194 e. The van der Waals surface area contributed by atoms with Crippen LogP contribution in [0.4, 0.5) is 13.2 Å². The fraction of sp³-hybridized carbons (Fsp3) is 0.600. The zero-order valence-electron chi connectivity index (χ0n) is 11.3. The van der Waals surface area contributed by atoms with E-state index < -0.39 is 17.5 Å². The van der Waals surface area contributed by atoms with Gasteiger partial charge in [0.2, 0.25) is 0 Å². The average Bonchev–Trinajstić information content (AvgIpc) is 3.06. The molecule has 1 aromatic carbocycles. The summed E-state index contributed by atoms with van der Waals surface area (Å²) >= 11 is 0. The van der Waals surface area contributed by atoms with Crippen LogP contribution in [0.3, 0.4) is 0 Å². The number of nitrogens with one attached hydrogen (secondary N) is 1. The molecule has 2 nitrogen and oxygen atoms in total. The molecular formula is C15H18F3NO. The molecule has 0 spiro atoms. The topological polar surface area (TPSA) is 21.3 Å². The van der Waals surface area contributed by atoms with Crippen LogP contribution in [0.1, 0.15) is 37.8 Å². The third kappa shape index (κ3) is 2.23. The van der Waals surface area contributed by atoms with Gasteiger partial charge in [-0.25, -0.2) is 13.2 Å². The van der Waals surface area contributed by atoms with Crippen LogP contribution in [0.5, 0.6) is 0 Å². The molecule has 2 aliphatic heterocycles. The standard InChI is InChI=1S/C15H18F3NO/c1-2-19-15(10-7-8-3-6-12(10)20-8)9-4-5-11(16)14(18)13(9)17/h4-5,8,10,12,15,19H,2-3,6-7H2,1H3. The highest BCUT2D eigenvalue weighted by Gasteiger charge is 2.45. The molecular weight excluding hydrogens is 267 g/mol. The Morgan fingerprint density at radius 2 is 2.05 bits per heavy atom. The van der Waals surface area contributed by atoms with E-state index in [0.29, 0.717) is 6.54 Å². The second-order valence-corrected chi connectivity index (χ2v) is 5.57. The minimum atomic E-state index is -1.39. The quantitative estimate of drug-likeness (QED) is 0.857. The zero-order valence-corrected chi connectivity index (χ0v) is 11.3. The highest BCUT2D eigenvalue weighted by Crippen LogP contribution is 2.45. The lowest BCUT2D eigenvalue weighted by Gasteiger charge is -2.29. The van der Waals surface area contributed by atoms with Crippen LogP contribution >= 0.6 is 0 Å². The van der Waals surface area contributed by atoms with E-state index in [1.165, 1.54) is 6.07 Å². The van der Waals surface area contributed by atoms with Gasteiger partial charge in [-0.1, -0.05) is 13.0 Å². The Bertz CT molecular complexity index is 508. The van der Waals surface area contributed by atoms with Crippen molar-refractivity contribution in [1.82, 2.24) is 5.32 Å². The normalized spacial score (nSPS) is 29.9. The van der Waals surface area contributed by atoms with E-state index in [2.05, 4.69) is 5.32 Å². The SMILES string of the molecule is CCNC(c1ccc(F)c(F)c1F)C1CC2CCC1O2. The zero-order chi connectivity index (χ0) is 14.3. The fourth-order valence-electron chi connectivity index (χ4n) is 3.52. The Kier molecular flexibility index (Phi) is 3.73. The van der Waals surface area contributed by atoms with Crippen molar-refractivity contribution in [3.05, 3.63) is 35.1 Å². The summed E-state index contributed by atoms with van der Waals surface area (Å²) in [6.07, 6.45) is 3.18. The summed E-state index contributed by atoms with van der Waals surface area (Å²) < 4.78 is 46.4. The molecule has 5 heteroatoms. The van der Waals surface area contributed by atoms with Gasteiger partial charge in [0.05, 0.1) is 12.2 Å². The first-order chi connectivity index (χ1) is 9.61. The van der Waals surface area contributed by atoms with E-state index in [0.717, 1.165) is 25.3 Å². The predicted octanol–water partition coefficient (Wildman–Crippen LogP) is 3.32. The van der Waals surface area contributed by atoms with Crippen molar-refractivity contribution in [2.24, 2.45) is 5.92 Å². The molecule has 2 fully saturated rings. The maximum absolute atomic E-state index is 14.0. The minimum absolute atomic E-state index is 0.0940. The first-order valence-corrected chi connectivity index (χ1v) is 7.14. The Balaban J connectivity index is 1.93. The van der Waals surface area contributed by atoms with Crippen molar-refractivity contribution in [2.45, 2.75) is 44.4 Å². The predicted molar refractivity (Wildman–Crippen MR) is 68.7 cm³/mol. The van der Waals surface area contributed by atoms with E-state index in [-0.39, 0.29) is 29.7 Å². The van der Waals surface area contributed by atoms with Gasteiger partial charge < -0.3 is 10.1 Å². The van der Waals surface area contributed by atoms with E-state index in [1.807, 2.05) is 6.92 Å². The second-order valence-electron chi connectivity index (χ2n) is 5.57. The molecule has 2 bridgehead atoms. The molecule has 110 valence electrons. The summed E-state index contributed by atoms with van der Waals surface area (Å²) in [5, 5.41) is 3.20. The lowest BCUT2D eigenvalue weighted by Crippen LogP contribution is -2.34. The maximum Gasteiger partial charge on any atom is 0.194 e. The Morgan fingerprint density at radius 1 is 1.25 bits per heavy atom. The van der Waals surface area contributed by atoms with Crippen LogP contribution in [-0.2, 0) is 4.74 Å². The van der Waals surface area contributed by atoms with E-state index in [4.69, 9.17) is 4.74 Å². The van der Waals surface area contributed by atoms with Crippen LogP contribution in [0.15, 0.2) is 12.1 Å². The van der Waals surface area contributed by atoms with Crippen molar-refractivity contribution in [3.63, 3.8) is 0 Å². The molecule has 0 radical (unpaired) electrons. The van der Waals surface area contributed by atoms with Crippen molar-refractivity contribution in [3.8, 4) is 0 Å². The van der Waals surface area contributed by atoms with Gasteiger partial charge in [-0.15, -0.1) is 0 Å². The molecule has 1 N–H and O–H groups in total. The molecule has 2 saturated heterocycles. The maximum atomic E-state index is 14.0. The lowest BCUT2D eigenvalue weighted by molar-refractivity contribution is 0.0854. The molecule has 20 heavy (non-hydrogen) atoms. The van der Waals surface area contributed by atoms with Gasteiger partial charge in [0.25, 0.3) is 0 Å². The van der Waals surface area contributed by atoms with E-state index in [1.54, 1.807) is 0 Å². The van der Waals surface area contributed by atoms with E-state index in [9.17, 15) is 13.2 Å². The third-order valence-electron chi connectivity index (χ3n) is 4.41. The number of halogens is 3. The molecule has 0 saturated carbocycles. The highest BCUT2D eigenvalue weighted by molar-refractivity contribution is 5.25. The van der Waals surface area contributed by atoms with Crippen molar-refractivity contribution >= 4 is 0 Å². The number of rotatable bonds is 4. The Hall–Kier alpha value is -1.07. The summed E-state index contributed by atoms with van der Waals surface area (Å²) in [7, 11) is 0. The Morgan fingerprint density at radius 3 is 2.65 bits per heavy atom. The molecule has 0 aromatic heterocycles. The van der Waals surface area contributed by atoms with Crippen molar-refractivity contribution < 1.29 is 17.9 Å². The number of benzene rings is 1. The Labute approximate surface area is 116 Å². The van der Waals surface area contributed by atoms with Crippen molar-refractivity contribution in [1.29, 1.82) is 0 Å². The van der Waals surface area contributed by atoms with Crippen LogP contribution in [0.25, 0.3) is 0 Å². The van der Waals surface area contributed by atoms with Gasteiger partial charge in [-0.3, -0.25) is 0 Å². The van der Waals surface area contributed by atoms with Gasteiger partial charge >= 0.3 is 0 Å². The van der Waals surface area contributed by atoms with Crippen LogP contribution in [0.2, 0.25) is 0 Å². The summed E-state index contributed by atoms with van der Waals surface area (Å²) in [6, 6.07) is 2.00. The molecule has 0 amide bonds. The lowest BCUT2D eigenvalue weighted by atomic mass is 9.81. The third-order valence-corrected chi connectivity index (χ3v) is 4.41. The monoisotopic (exact) mass is 285 g/mol. The first-order valence-electron chi connectivity index (χ1n) is 7.14. The molecule has 2 heterocycles. The average molecular weight is 285 g/mol. The molecule has 1 aromatic rings. The minimum Gasteiger partial charge on any atom is -0.375 e. The highest BCUT2D eigenvalue weighted by atomic mass is 19.2. The van der Waals surface area contributed by atoms with Gasteiger partial charge in [-0.2, -0.15) is 0 Å². The number of hydrogen-bond acceptors (Lipinski definition) is 2. The molecule has 3 rings (SSSR count). The van der Waals surface area contributed by atoms with Crippen LogP contribution in [-0.4, -0.2) is 18.8 Å². The summed E-state index contributed by atoms with van der Waals surface area (Å²) in [5.41, 5.74) is 0.201. The van der Waals surface area contributed by atoms with Crippen LogP contribution < -0.4 is 5.32 Å². The van der Waals surface area contributed by atoms with Gasteiger partial charge in [-0.05, 0) is 31.9 Å². The molecule has 2 aliphatic rings. The number of fused-ring (bicyclic) bond motifs is 2. The summed E-state index contributed by atoms with van der Waals surface area (Å²) in [6.45, 7) is 2.55. The molecule has 0 aliphatic carbocycles. The molecule has 4 unspecified atom stereocenters. The van der Waals surface area contributed by atoms with Gasteiger partial charge in [0.15, 0.2) is 17.5 Å².